The van der Waals surface area contributed by atoms with Crippen molar-refractivity contribution in [1.29, 1.82) is 0 Å². The van der Waals surface area contributed by atoms with E-state index in [1.54, 1.807) is 19.3 Å². The van der Waals surface area contributed by atoms with Gasteiger partial charge < -0.3 is 0 Å². The summed E-state index contributed by atoms with van der Waals surface area (Å²) in [4.78, 5) is 0. The van der Waals surface area contributed by atoms with E-state index in [1.165, 1.54) is 0 Å². The largest absolute Gasteiger partial charge is 0.103 e. The Hall–Kier alpha value is 0.430. The van der Waals surface area contributed by atoms with Crippen molar-refractivity contribution in [3.8, 4) is 0 Å². The van der Waals surface area contributed by atoms with E-state index in [1.807, 2.05) is 0 Å². The molecule has 4 atom stereocenters. The van der Waals surface area contributed by atoms with Crippen molar-refractivity contribution in [1.82, 2.24) is 0 Å². The standard InChI is InChI=1S/C11H21P/c1-11(2,3)10-8-5-6-9(7-8)12(10)4/h8-10H,5-7H2,1-4H3. The molecule has 70 valence electrons. The van der Waals surface area contributed by atoms with Crippen LogP contribution in [-0.4, -0.2) is 18.0 Å². The van der Waals surface area contributed by atoms with Crippen LogP contribution in [0.5, 0.6) is 0 Å². The minimum Gasteiger partial charge on any atom is -0.103 e. The first-order valence-electron chi connectivity index (χ1n) is 5.22. The summed E-state index contributed by atoms with van der Waals surface area (Å²) < 4.78 is 0. The molecule has 0 nitrogen and oxygen atoms in total. The fraction of sp³-hybridized carbons (Fsp3) is 1.00. The second-order valence-corrected chi connectivity index (χ2v) is 8.32. The molecular formula is C11H21P. The highest BCUT2D eigenvalue weighted by atomic mass is 31.1. The molecule has 2 rings (SSSR count). The van der Waals surface area contributed by atoms with Crippen LogP contribution in [0, 0.1) is 11.3 Å². The van der Waals surface area contributed by atoms with Gasteiger partial charge in [0.25, 0.3) is 0 Å². The molecule has 0 amide bonds. The molecule has 0 aromatic rings. The molecule has 2 fully saturated rings. The first-order valence-corrected chi connectivity index (χ1v) is 7.15. The van der Waals surface area contributed by atoms with Gasteiger partial charge in [-0.1, -0.05) is 20.8 Å². The van der Waals surface area contributed by atoms with Crippen molar-refractivity contribution >= 4 is 7.92 Å². The molecule has 0 aromatic carbocycles. The van der Waals surface area contributed by atoms with Crippen LogP contribution in [0.15, 0.2) is 0 Å². The van der Waals surface area contributed by atoms with Gasteiger partial charge in [-0.15, -0.1) is 7.92 Å². The van der Waals surface area contributed by atoms with Crippen molar-refractivity contribution in [2.45, 2.75) is 51.4 Å². The smallest absolute Gasteiger partial charge is 0.0132 e. The molecule has 1 aliphatic carbocycles. The second kappa shape index (κ2) is 2.71. The van der Waals surface area contributed by atoms with Crippen LogP contribution in [0.3, 0.4) is 0 Å². The van der Waals surface area contributed by atoms with Crippen LogP contribution < -0.4 is 0 Å². The fourth-order valence-corrected chi connectivity index (χ4v) is 7.30. The van der Waals surface area contributed by atoms with Crippen molar-refractivity contribution < 1.29 is 0 Å². The Morgan fingerprint density at radius 2 is 1.83 bits per heavy atom. The van der Waals surface area contributed by atoms with Gasteiger partial charge in [-0.25, -0.2) is 0 Å². The third kappa shape index (κ3) is 1.23. The third-order valence-corrected chi connectivity index (χ3v) is 7.49. The monoisotopic (exact) mass is 184 g/mol. The van der Waals surface area contributed by atoms with Gasteiger partial charge in [0, 0.05) is 0 Å². The first-order chi connectivity index (χ1) is 5.50. The molecule has 1 heteroatoms. The van der Waals surface area contributed by atoms with Gasteiger partial charge in [0.2, 0.25) is 0 Å². The summed E-state index contributed by atoms with van der Waals surface area (Å²) in [7, 11) is 0.370. The van der Waals surface area contributed by atoms with E-state index in [9.17, 15) is 0 Å². The number of rotatable bonds is 0. The summed E-state index contributed by atoms with van der Waals surface area (Å²) in [5.41, 5.74) is 2.81. The van der Waals surface area contributed by atoms with E-state index in [4.69, 9.17) is 0 Å². The van der Waals surface area contributed by atoms with E-state index >= 15 is 0 Å². The Bertz CT molecular complexity index is 178. The summed E-state index contributed by atoms with van der Waals surface area (Å²) in [6, 6.07) is 0. The molecule has 1 heterocycles. The topological polar surface area (TPSA) is 0 Å². The van der Waals surface area contributed by atoms with Crippen LogP contribution in [0.25, 0.3) is 0 Å². The third-order valence-electron chi connectivity index (χ3n) is 3.79. The fourth-order valence-electron chi connectivity index (χ4n) is 3.53. The Balaban J connectivity index is 2.17. The van der Waals surface area contributed by atoms with Gasteiger partial charge in [0.05, 0.1) is 0 Å². The van der Waals surface area contributed by atoms with E-state index in [2.05, 4.69) is 27.4 Å². The predicted octanol–water partition coefficient (Wildman–Crippen LogP) is 3.70. The predicted molar refractivity (Wildman–Crippen MR) is 57.2 cm³/mol. The van der Waals surface area contributed by atoms with Crippen LogP contribution >= 0.6 is 7.92 Å². The average Bonchev–Trinajstić information content (AvgIpc) is 2.42. The number of hydrogen-bond acceptors (Lipinski definition) is 0. The van der Waals surface area contributed by atoms with Crippen molar-refractivity contribution in [2.24, 2.45) is 11.3 Å². The Labute approximate surface area is 77.9 Å². The summed E-state index contributed by atoms with van der Waals surface area (Å²) in [5, 5.41) is 0. The summed E-state index contributed by atoms with van der Waals surface area (Å²) in [5.74, 6) is 1.10. The second-order valence-electron chi connectivity index (χ2n) is 5.70. The maximum Gasteiger partial charge on any atom is -0.0132 e. The number of fused-ring (bicyclic) bond motifs is 2. The Kier molecular flexibility index (Phi) is 2.03. The minimum atomic E-state index is 0.370. The van der Waals surface area contributed by atoms with Crippen LogP contribution in [0.1, 0.15) is 40.0 Å². The van der Waals surface area contributed by atoms with Crippen molar-refractivity contribution in [3.05, 3.63) is 0 Å². The molecule has 2 aliphatic rings. The van der Waals surface area contributed by atoms with Crippen LogP contribution in [0.2, 0.25) is 0 Å². The molecule has 1 aliphatic heterocycles. The highest BCUT2D eigenvalue weighted by Crippen LogP contribution is 2.67. The lowest BCUT2D eigenvalue weighted by Gasteiger charge is -2.38. The van der Waals surface area contributed by atoms with Crippen molar-refractivity contribution in [2.75, 3.05) is 6.66 Å². The van der Waals surface area contributed by atoms with Gasteiger partial charge in [-0.3, -0.25) is 0 Å². The van der Waals surface area contributed by atoms with Gasteiger partial charge in [-0.05, 0) is 48.6 Å². The quantitative estimate of drug-likeness (QED) is 0.504. The molecule has 0 radical (unpaired) electrons. The van der Waals surface area contributed by atoms with Crippen LogP contribution in [-0.2, 0) is 0 Å². The zero-order chi connectivity index (χ0) is 8.93. The molecule has 0 spiro atoms. The molecule has 12 heavy (non-hydrogen) atoms. The van der Waals surface area contributed by atoms with Gasteiger partial charge >= 0.3 is 0 Å². The summed E-state index contributed by atoms with van der Waals surface area (Å²) >= 11 is 0. The SMILES string of the molecule is CP1C2CCC(C2)C1C(C)(C)C. The lowest BCUT2D eigenvalue weighted by atomic mass is 9.83. The molecule has 1 saturated heterocycles. The van der Waals surface area contributed by atoms with E-state index < -0.39 is 0 Å². The summed E-state index contributed by atoms with van der Waals surface area (Å²) in [6.45, 7) is 9.88. The zero-order valence-corrected chi connectivity index (χ0v) is 9.70. The van der Waals surface area contributed by atoms with Gasteiger partial charge in [-0.2, -0.15) is 0 Å². The van der Waals surface area contributed by atoms with Gasteiger partial charge in [0.1, 0.15) is 0 Å². The van der Waals surface area contributed by atoms with Gasteiger partial charge in [0.15, 0.2) is 0 Å². The normalized spacial score (nSPS) is 47.0. The van der Waals surface area contributed by atoms with E-state index in [0.29, 0.717) is 13.3 Å². The number of hydrogen-bond donors (Lipinski definition) is 0. The molecule has 0 N–H and O–H groups in total. The maximum absolute atomic E-state index is 2.55. The lowest BCUT2D eigenvalue weighted by molar-refractivity contribution is 0.315. The zero-order valence-electron chi connectivity index (χ0n) is 8.80. The Morgan fingerprint density at radius 3 is 2.17 bits per heavy atom. The first kappa shape index (κ1) is 9.00. The molecular weight excluding hydrogens is 163 g/mol. The van der Waals surface area contributed by atoms with Crippen LogP contribution in [0.4, 0.5) is 0 Å². The lowest BCUT2D eigenvalue weighted by Crippen LogP contribution is -2.29. The molecule has 0 aromatic heterocycles. The maximum atomic E-state index is 2.55. The highest BCUT2D eigenvalue weighted by molar-refractivity contribution is 7.58. The molecule has 1 saturated carbocycles. The van der Waals surface area contributed by atoms with Crippen molar-refractivity contribution in [3.63, 3.8) is 0 Å². The molecule has 2 bridgehead atoms. The Morgan fingerprint density at radius 1 is 1.17 bits per heavy atom. The summed E-state index contributed by atoms with van der Waals surface area (Å²) in [6.07, 6.45) is 4.67. The highest BCUT2D eigenvalue weighted by Gasteiger charge is 2.49. The van der Waals surface area contributed by atoms with E-state index in [-0.39, 0.29) is 0 Å². The molecule has 4 unspecified atom stereocenters. The average molecular weight is 184 g/mol. The van der Waals surface area contributed by atoms with E-state index in [0.717, 1.165) is 17.2 Å². The minimum absolute atomic E-state index is 0.370.